The van der Waals surface area contributed by atoms with Crippen LogP contribution in [0.5, 0.6) is 5.88 Å². The SMILES string of the molecule is CCCN(CCC)c1cc(N)nc(OCCN)c1. The van der Waals surface area contributed by atoms with Crippen LogP contribution >= 0.6 is 0 Å². The van der Waals surface area contributed by atoms with Crippen molar-refractivity contribution in [3.63, 3.8) is 0 Å². The molecule has 0 atom stereocenters. The molecule has 0 spiro atoms. The lowest BCUT2D eigenvalue weighted by Crippen LogP contribution is -2.25. The maximum Gasteiger partial charge on any atom is 0.217 e. The van der Waals surface area contributed by atoms with Crippen LogP contribution < -0.4 is 21.1 Å². The number of nitrogens with two attached hydrogens (primary N) is 2. The van der Waals surface area contributed by atoms with E-state index in [1.165, 1.54) is 0 Å². The average molecular weight is 252 g/mol. The standard InChI is InChI=1S/C13H24N4O/c1-3-6-17(7-4-2)11-9-12(15)16-13(10-11)18-8-5-14/h9-10H,3-8,14H2,1-2H3,(H2,15,16). The molecule has 18 heavy (non-hydrogen) atoms. The van der Waals surface area contributed by atoms with E-state index in [-0.39, 0.29) is 0 Å². The van der Waals surface area contributed by atoms with Gasteiger partial charge in [-0.15, -0.1) is 0 Å². The van der Waals surface area contributed by atoms with Gasteiger partial charge in [0.1, 0.15) is 12.4 Å². The summed E-state index contributed by atoms with van der Waals surface area (Å²) in [6.07, 6.45) is 2.20. The van der Waals surface area contributed by atoms with Crippen molar-refractivity contribution >= 4 is 11.5 Å². The average Bonchev–Trinajstić information content (AvgIpc) is 2.35. The highest BCUT2D eigenvalue weighted by Crippen LogP contribution is 2.22. The molecular formula is C13H24N4O. The number of anilines is 2. The van der Waals surface area contributed by atoms with E-state index >= 15 is 0 Å². The third kappa shape index (κ3) is 4.41. The lowest BCUT2D eigenvalue weighted by molar-refractivity contribution is 0.316. The maximum atomic E-state index is 5.81. The smallest absolute Gasteiger partial charge is 0.217 e. The summed E-state index contributed by atoms with van der Waals surface area (Å²) in [4.78, 5) is 6.45. The highest BCUT2D eigenvalue weighted by Gasteiger charge is 2.08. The molecule has 5 heteroatoms. The molecule has 1 aromatic heterocycles. The van der Waals surface area contributed by atoms with Gasteiger partial charge in [0.15, 0.2) is 0 Å². The lowest BCUT2D eigenvalue weighted by atomic mass is 10.3. The van der Waals surface area contributed by atoms with E-state index in [4.69, 9.17) is 16.2 Å². The van der Waals surface area contributed by atoms with Crippen LogP contribution in [0.25, 0.3) is 0 Å². The van der Waals surface area contributed by atoms with Gasteiger partial charge in [-0.1, -0.05) is 13.8 Å². The van der Waals surface area contributed by atoms with Gasteiger partial charge in [-0.05, 0) is 12.8 Å². The molecule has 0 radical (unpaired) electrons. The largest absolute Gasteiger partial charge is 0.476 e. The van der Waals surface area contributed by atoms with Crippen molar-refractivity contribution in [2.75, 3.05) is 36.9 Å². The molecule has 0 aromatic carbocycles. The Morgan fingerprint density at radius 1 is 1.22 bits per heavy atom. The first kappa shape index (κ1) is 14.6. The highest BCUT2D eigenvalue weighted by atomic mass is 16.5. The first-order valence-corrected chi connectivity index (χ1v) is 6.56. The number of ether oxygens (including phenoxy) is 1. The molecule has 0 amide bonds. The van der Waals surface area contributed by atoms with Crippen molar-refractivity contribution in [2.24, 2.45) is 5.73 Å². The number of nitrogen functional groups attached to an aromatic ring is 1. The molecule has 5 nitrogen and oxygen atoms in total. The molecule has 1 heterocycles. The molecule has 0 aliphatic rings. The van der Waals surface area contributed by atoms with Crippen molar-refractivity contribution in [2.45, 2.75) is 26.7 Å². The molecule has 0 saturated heterocycles. The molecule has 0 unspecified atom stereocenters. The van der Waals surface area contributed by atoms with Crippen LogP contribution in [0.3, 0.4) is 0 Å². The van der Waals surface area contributed by atoms with E-state index in [9.17, 15) is 0 Å². The quantitative estimate of drug-likeness (QED) is 0.735. The number of rotatable bonds is 8. The summed E-state index contributed by atoms with van der Waals surface area (Å²) >= 11 is 0. The molecule has 0 saturated carbocycles. The molecule has 1 rings (SSSR count). The zero-order valence-electron chi connectivity index (χ0n) is 11.4. The lowest BCUT2D eigenvalue weighted by Gasteiger charge is -2.24. The van der Waals surface area contributed by atoms with Crippen LogP contribution in [0, 0.1) is 0 Å². The second kappa shape index (κ2) is 7.76. The molecule has 0 fully saturated rings. The predicted molar refractivity (Wildman–Crippen MR) is 76.0 cm³/mol. The predicted octanol–water partition coefficient (Wildman–Crippen LogP) is 1.63. The summed E-state index contributed by atoms with van der Waals surface area (Å²) in [6, 6.07) is 3.82. The van der Waals surface area contributed by atoms with Crippen LogP contribution in [0.15, 0.2) is 12.1 Å². The van der Waals surface area contributed by atoms with Gasteiger partial charge < -0.3 is 21.1 Å². The molecule has 1 aromatic rings. The molecule has 4 N–H and O–H groups in total. The Hall–Kier alpha value is -1.49. The van der Waals surface area contributed by atoms with Crippen LogP contribution in [0.2, 0.25) is 0 Å². The normalized spacial score (nSPS) is 10.4. The van der Waals surface area contributed by atoms with Gasteiger partial charge in [0.2, 0.25) is 5.88 Å². The van der Waals surface area contributed by atoms with Gasteiger partial charge in [-0.3, -0.25) is 0 Å². The number of pyridine rings is 1. The molecule has 0 aliphatic heterocycles. The third-order valence-electron chi connectivity index (χ3n) is 2.53. The fourth-order valence-corrected chi connectivity index (χ4v) is 1.84. The number of hydrogen-bond donors (Lipinski definition) is 2. The number of nitrogens with zero attached hydrogens (tertiary/aromatic N) is 2. The van der Waals surface area contributed by atoms with Crippen molar-refractivity contribution in [1.82, 2.24) is 4.98 Å². The Labute approximate surface area is 109 Å². The minimum absolute atomic E-state index is 0.456. The maximum absolute atomic E-state index is 5.81. The third-order valence-corrected chi connectivity index (χ3v) is 2.53. The summed E-state index contributed by atoms with van der Waals surface area (Å²) in [7, 11) is 0. The minimum atomic E-state index is 0.456. The molecular weight excluding hydrogens is 228 g/mol. The Bertz CT molecular complexity index is 351. The van der Waals surface area contributed by atoms with E-state index in [0.717, 1.165) is 31.6 Å². The van der Waals surface area contributed by atoms with Crippen LogP contribution in [0.1, 0.15) is 26.7 Å². The van der Waals surface area contributed by atoms with E-state index in [1.54, 1.807) is 0 Å². The van der Waals surface area contributed by atoms with Crippen molar-refractivity contribution in [3.05, 3.63) is 12.1 Å². The first-order valence-electron chi connectivity index (χ1n) is 6.56. The van der Waals surface area contributed by atoms with Gasteiger partial charge in [0.25, 0.3) is 0 Å². The van der Waals surface area contributed by atoms with Crippen molar-refractivity contribution in [1.29, 1.82) is 0 Å². The topological polar surface area (TPSA) is 77.4 Å². The van der Waals surface area contributed by atoms with Crippen molar-refractivity contribution in [3.8, 4) is 5.88 Å². The van der Waals surface area contributed by atoms with Crippen molar-refractivity contribution < 1.29 is 4.74 Å². The zero-order chi connectivity index (χ0) is 13.4. The fourth-order valence-electron chi connectivity index (χ4n) is 1.84. The van der Waals surface area contributed by atoms with Gasteiger partial charge in [0.05, 0.1) is 0 Å². The fraction of sp³-hybridized carbons (Fsp3) is 0.615. The first-order chi connectivity index (χ1) is 8.71. The second-order valence-electron chi connectivity index (χ2n) is 4.21. The Balaban J connectivity index is 2.87. The van der Waals surface area contributed by atoms with Crippen LogP contribution in [0.4, 0.5) is 11.5 Å². The van der Waals surface area contributed by atoms with E-state index in [1.807, 2.05) is 12.1 Å². The van der Waals surface area contributed by atoms with Gasteiger partial charge in [-0.25, -0.2) is 0 Å². The van der Waals surface area contributed by atoms with E-state index in [0.29, 0.717) is 24.8 Å². The van der Waals surface area contributed by atoms with Gasteiger partial charge >= 0.3 is 0 Å². The zero-order valence-corrected chi connectivity index (χ0v) is 11.4. The Morgan fingerprint density at radius 3 is 2.44 bits per heavy atom. The monoisotopic (exact) mass is 252 g/mol. The molecule has 0 aliphatic carbocycles. The second-order valence-corrected chi connectivity index (χ2v) is 4.21. The van der Waals surface area contributed by atoms with Crippen LogP contribution in [-0.4, -0.2) is 31.2 Å². The van der Waals surface area contributed by atoms with E-state index < -0.39 is 0 Å². The summed E-state index contributed by atoms with van der Waals surface area (Å²) in [5, 5.41) is 0. The summed E-state index contributed by atoms with van der Waals surface area (Å²) in [5.41, 5.74) is 12.3. The van der Waals surface area contributed by atoms with E-state index in [2.05, 4.69) is 23.7 Å². The number of hydrogen-bond acceptors (Lipinski definition) is 5. The summed E-state index contributed by atoms with van der Waals surface area (Å²) in [6.45, 7) is 7.27. The Kier molecular flexibility index (Phi) is 6.28. The summed E-state index contributed by atoms with van der Waals surface area (Å²) in [5.74, 6) is 1.03. The summed E-state index contributed by atoms with van der Waals surface area (Å²) < 4.78 is 5.44. The number of aromatic nitrogens is 1. The van der Waals surface area contributed by atoms with Gasteiger partial charge in [0, 0.05) is 37.5 Å². The minimum Gasteiger partial charge on any atom is -0.476 e. The van der Waals surface area contributed by atoms with Crippen LogP contribution in [-0.2, 0) is 0 Å². The van der Waals surface area contributed by atoms with Gasteiger partial charge in [-0.2, -0.15) is 4.98 Å². The highest BCUT2D eigenvalue weighted by molar-refractivity contribution is 5.55. The molecule has 0 bridgehead atoms. The Morgan fingerprint density at radius 2 is 1.89 bits per heavy atom. The molecule has 102 valence electrons.